The van der Waals surface area contributed by atoms with Crippen molar-refractivity contribution in [2.75, 3.05) is 55.1 Å². The fourth-order valence-corrected chi connectivity index (χ4v) is 4.52. The van der Waals surface area contributed by atoms with Gasteiger partial charge in [-0.15, -0.1) is 11.6 Å². The van der Waals surface area contributed by atoms with Gasteiger partial charge in [0.1, 0.15) is 17.1 Å². The zero-order valence-electron chi connectivity index (χ0n) is 19.3. The number of hydrogen-bond acceptors (Lipinski definition) is 9. The number of fused-ring (bicyclic) bond motifs is 1. The van der Waals surface area contributed by atoms with E-state index < -0.39 is 12.2 Å². The Morgan fingerprint density at radius 1 is 1.06 bits per heavy atom. The molecule has 3 aromatic rings. The number of phenolic OH excluding ortho intramolecular Hbond substituents is 1. The number of nitrogens with one attached hydrogen (secondary N) is 1. The molecule has 0 spiro atoms. The molecule has 1 aromatic carbocycles. The predicted molar refractivity (Wildman–Crippen MR) is 128 cm³/mol. The molecular weight excluding hydrogens is 498 g/mol. The fraction of sp³-hybridized carbons (Fsp3) is 0.500. The van der Waals surface area contributed by atoms with Crippen LogP contribution in [-0.4, -0.2) is 86.8 Å². The van der Waals surface area contributed by atoms with Crippen molar-refractivity contribution in [2.24, 2.45) is 0 Å². The lowest BCUT2D eigenvalue weighted by Crippen LogP contribution is -2.45. The van der Waals surface area contributed by atoms with Gasteiger partial charge in [0.25, 0.3) is 6.43 Å². The minimum atomic E-state index is -2.93. The second kappa shape index (κ2) is 10.3. The first-order valence-electron chi connectivity index (χ1n) is 11.6. The lowest BCUT2D eigenvalue weighted by atomic mass is 10.1. The number of benzene rings is 1. The monoisotopic (exact) mass is 522 g/mol. The van der Waals surface area contributed by atoms with Crippen LogP contribution in [0.15, 0.2) is 18.2 Å². The number of halogens is 3. The number of amides is 1. The minimum absolute atomic E-state index is 0.0116. The van der Waals surface area contributed by atoms with E-state index in [-0.39, 0.29) is 40.6 Å². The second-order valence-corrected chi connectivity index (χ2v) is 8.82. The molecule has 5 rings (SSSR count). The van der Waals surface area contributed by atoms with Crippen LogP contribution in [0.5, 0.6) is 5.75 Å². The Morgan fingerprint density at radius 2 is 1.69 bits per heavy atom. The summed E-state index contributed by atoms with van der Waals surface area (Å²) in [5.41, 5.74) is 0.302. The zero-order chi connectivity index (χ0) is 25.2. The lowest BCUT2D eigenvalue weighted by molar-refractivity contribution is -0.119. The molecule has 0 unspecified atom stereocenters. The summed E-state index contributed by atoms with van der Waals surface area (Å²) in [4.78, 5) is 33.3. The number of alkyl halides is 3. The van der Waals surface area contributed by atoms with Crippen molar-refractivity contribution < 1.29 is 23.4 Å². The van der Waals surface area contributed by atoms with Gasteiger partial charge in [-0.3, -0.25) is 9.36 Å². The van der Waals surface area contributed by atoms with Crippen molar-refractivity contribution in [1.82, 2.24) is 29.8 Å². The third kappa shape index (κ3) is 4.85. The van der Waals surface area contributed by atoms with E-state index in [9.17, 15) is 18.7 Å². The van der Waals surface area contributed by atoms with Crippen LogP contribution in [0.4, 0.5) is 20.7 Å². The quantitative estimate of drug-likeness (QED) is 0.468. The van der Waals surface area contributed by atoms with E-state index in [0.29, 0.717) is 64.1 Å². The van der Waals surface area contributed by atoms with Gasteiger partial charge in [0.05, 0.1) is 18.7 Å². The summed E-state index contributed by atoms with van der Waals surface area (Å²) in [5, 5.41) is 13.1. The maximum absolute atomic E-state index is 14.1. The molecular formula is C22H25ClF2N8O3. The molecule has 0 saturated carbocycles. The van der Waals surface area contributed by atoms with Crippen LogP contribution in [-0.2, 0) is 9.53 Å². The SMILES string of the molecule is O=C(CCl)NC1CCN(c2nc(N3CCOCC3)nc(-n3c(C(F)F)nc4c(O)cccc43)n2)CC1. The van der Waals surface area contributed by atoms with Gasteiger partial charge in [-0.25, -0.2) is 13.8 Å². The molecule has 2 aromatic heterocycles. The number of carbonyl (C=O) groups excluding carboxylic acids is 1. The van der Waals surface area contributed by atoms with Crippen molar-refractivity contribution >= 4 is 40.4 Å². The molecule has 0 radical (unpaired) electrons. The number of aromatic nitrogens is 5. The van der Waals surface area contributed by atoms with Crippen LogP contribution in [0.25, 0.3) is 17.0 Å². The summed E-state index contributed by atoms with van der Waals surface area (Å²) in [6.07, 6.45) is -1.62. The van der Waals surface area contributed by atoms with E-state index in [4.69, 9.17) is 16.3 Å². The van der Waals surface area contributed by atoms with Gasteiger partial charge in [-0.1, -0.05) is 6.07 Å². The Morgan fingerprint density at radius 3 is 2.33 bits per heavy atom. The smallest absolute Gasteiger partial charge is 0.296 e. The Kier molecular flexibility index (Phi) is 7.01. The topological polar surface area (TPSA) is 122 Å². The third-order valence-corrected chi connectivity index (χ3v) is 6.49. The fourth-order valence-electron chi connectivity index (χ4n) is 4.44. The number of morpholine rings is 1. The van der Waals surface area contributed by atoms with E-state index in [1.54, 1.807) is 12.1 Å². The van der Waals surface area contributed by atoms with Crippen LogP contribution >= 0.6 is 11.6 Å². The number of piperidine rings is 1. The molecule has 2 aliphatic rings. The van der Waals surface area contributed by atoms with E-state index in [1.165, 1.54) is 10.6 Å². The largest absolute Gasteiger partial charge is 0.506 e. The zero-order valence-corrected chi connectivity index (χ0v) is 20.0. The molecule has 14 heteroatoms. The highest BCUT2D eigenvalue weighted by Crippen LogP contribution is 2.32. The average Bonchev–Trinajstić information content (AvgIpc) is 3.31. The van der Waals surface area contributed by atoms with Crippen LogP contribution in [0.1, 0.15) is 25.1 Å². The Balaban J connectivity index is 1.55. The number of ether oxygens (including phenoxy) is 1. The van der Waals surface area contributed by atoms with Crippen molar-refractivity contribution in [3.63, 3.8) is 0 Å². The van der Waals surface area contributed by atoms with Crippen LogP contribution in [0.2, 0.25) is 0 Å². The van der Waals surface area contributed by atoms with Gasteiger partial charge < -0.3 is 25.0 Å². The molecule has 192 valence electrons. The molecule has 36 heavy (non-hydrogen) atoms. The average molecular weight is 523 g/mol. The van der Waals surface area contributed by atoms with Crippen molar-refractivity contribution in [2.45, 2.75) is 25.3 Å². The van der Waals surface area contributed by atoms with Crippen molar-refractivity contribution in [3.8, 4) is 11.7 Å². The van der Waals surface area contributed by atoms with Crippen molar-refractivity contribution in [3.05, 3.63) is 24.0 Å². The number of aromatic hydroxyl groups is 1. The molecule has 1 amide bonds. The van der Waals surface area contributed by atoms with E-state index in [2.05, 4.69) is 25.3 Å². The molecule has 11 nitrogen and oxygen atoms in total. The Labute approximate surface area is 210 Å². The van der Waals surface area contributed by atoms with Gasteiger partial charge >= 0.3 is 0 Å². The highest BCUT2D eigenvalue weighted by molar-refractivity contribution is 6.27. The normalized spacial score (nSPS) is 17.2. The van der Waals surface area contributed by atoms with Gasteiger partial charge in [0, 0.05) is 32.2 Å². The van der Waals surface area contributed by atoms with Crippen LogP contribution < -0.4 is 15.1 Å². The maximum atomic E-state index is 14.1. The Hall–Kier alpha value is -3.32. The molecule has 2 aliphatic heterocycles. The first kappa shape index (κ1) is 24.4. The summed E-state index contributed by atoms with van der Waals surface area (Å²) >= 11 is 5.60. The van der Waals surface area contributed by atoms with Gasteiger partial charge in [-0.2, -0.15) is 15.0 Å². The van der Waals surface area contributed by atoms with Crippen molar-refractivity contribution in [1.29, 1.82) is 0 Å². The van der Waals surface area contributed by atoms with Crippen LogP contribution in [0.3, 0.4) is 0 Å². The first-order chi connectivity index (χ1) is 17.4. The number of para-hydroxylation sites is 1. The maximum Gasteiger partial charge on any atom is 0.296 e. The molecule has 0 aliphatic carbocycles. The van der Waals surface area contributed by atoms with Gasteiger partial charge in [0.2, 0.25) is 23.8 Å². The Bertz CT molecular complexity index is 1250. The van der Waals surface area contributed by atoms with E-state index in [1.807, 2.05) is 9.80 Å². The molecule has 0 atom stereocenters. The number of carbonyl (C=O) groups is 1. The summed E-state index contributed by atoms with van der Waals surface area (Å²) in [5.74, 6) is -0.426. The van der Waals surface area contributed by atoms with E-state index >= 15 is 0 Å². The molecule has 2 fully saturated rings. The minimum Gasteiger partial charge on any atom is -0.506 e. The molecule has 2 saturated heterocycles. The summed E-state index contributed by atoms with van der Waals surface area (Å²) < 4.78 is 34.7. The van der Waals surface area contributed by atoms with E-state index in [0.717, 1.165) is 0 Å². The summed E-state index contributed by atoms with van der Waals surface area (Å²) in [6.45, 7) is 3.17. The lowest BCUT2D eigenvalue weighted by Gasteiger charge is -2.33. The number of rotatable bonds is 6. The standard InChI is InChI=1S/C22H25ClF2N8O3/c23-12-16(35)26-13-4-6-31(7-5-13)20-28-21(32-8-10-36-11-9-32)30-22(29-20)33-14-2-1-3-15(34)17(14)27-19(33)18(24)25/h1-3,13,18,34H,4-12H2,(H,26,35). The molecule has 2 N–H and O–H groups in total. The summed E-state index contributed by atoms with van der Waals surface area (Å²) in [6, 6.07) is 4.51. The second-order valence-electron chi connectivity index (χ2n) is 8.55. The number of nitrogens with zero attached hydrogens (tertiary/aromatic N) is 7. The predicted octanol–water partition coefficient (Wildman–Crippen LogP) is 2.01. The highest BCUT2D eigenvalue weighted by atomic mass is 35.5. The third-order valence-electron chi connectivity index (χ3n) is 6.24. The number of imidazole rings is 1. The number of anilines is 2. The number of hydrogen-bond donors (Lipinski definition) is 2. The van der Waals surface area contributed by atoms with Gasteiger partial charge in [0.15, 0.2) is 5.82 Å². The molecule has 0 bridgehead atoms. The number of phenols is 1. The first-order valence-corrected chi connectivity index (χ1v) is 12.2. The highest BCUT2D eigenvalue weighted by Gasteiger charge is 2.28. The van der Waals surface area contributed by atoms with Gasteiger partial charge in [-0.05, 0) is 25.0 Å². The van der Waals surface area contributed by atoms with Crippen LogP contribution in [0, 0.1) is 0 Å². The molecule has 4 heterocycles. The summed E-state index contributed by atoms with van der Waals surface area (Å²) in [7, 11) is 0.